The van der Waals surface area contributed by atoms with Crippen LogP contribution in [0.4, 0.5) is 0 Å². The first-order chi connectivity index (χ1) is 8.74. The maximum Gasteiger partial charge on any atom is 0.0522 e. The van der Waals surface area contributed by atoms with Crippen molar-refractivity contribution in [2.75, 3.05) is 0 Å². The molecular formula is C14H26N4. The van der Waals surface area contributed by atoms with Crippen LogP contribution < -0.4 is 11.3 Å². The Hall–Kier alpha value is -0.870. The highest BCUT2D eigenvalue weighted by Crippen LogP contribution is 2.44. The Morgan fingerprint density at radius 3 is 2.67 bits per heavy atom. The quantitative estimate of drug-likeness (QED) is 0.601. The molecule has 0 saturated heterocycles. The zero-order valence-electron chi connectivity index (χ0n) is 11.7. The first-order valence-electron chi connectivity index (χ1n) is 7.21. The third-order valence-corrected chi connectivity index (χ3v) is 4.69. The van der Waals surface area contributed by atoms with Crippen molar-refractivity contribution in [1.82, 2.24) is 15.2 Å². The zero-order valence-corrected chi connectivity index (χ0v) is 11.7. The molecule has 1 heterocycles. The summed E-state index contributed by atoms with van der Waals surface area (Å²) in [6.07, 6.45) is 11.6. The standard InChI is InChI=1S/C14H26N4/c1-3-14(7-5-6-8-14)13(17-15)9-12-10-16-18(4-2)11-12/h10-11,13,17H,3-9,15H2,1-2H3. The number of nitrogens with one attached hydrogen (secondary N) is 1. The Kier molecular flexibility index (Phi) is 4.40. The Bertz CT molecular complexity index is 366. The van der Waals surface area contributed by atoms with Gasteiger partial charge in [-0.05, 0) is 43.6 Å². The van der Waals surface area contributed by atoms with Crippen molar-refractivity contribution < 1.29 is 0 Å². The molecule has 1 aromatic rings. The van der Waals surface area contributed by atoms with E-state index in [0.29, 0.717) is 11.5 Å². The van der Waals surface area contributed by atoms with Gasteiger partial charge in [0.2, 0.25) is 0 Å². The van der Waals surface area contributed by atoms with E-state index in [9.17, 15) is 0 Å². The number of rotatable bonds is 6. The number of nitrogens with two attached hydrogens (primary N) is 1. The highest BCUT2D eigenvalue weighted by Gasteiger charge is 2.39. The predicted octanol–water partition coefficient (Wildman–Crippen LogP) is 2.25. The molecule has 0 radical (unpaired) electrons. The maximum atomic E-state index is 5.82. The van der Waals surface area contributed by atoms with Gasteiger partial charge in [-0.15, -0.1) is 0 Å². The Balaban J connectivity index is 2.08. The van der Waals surface area contributed by atoms with E-state index in [1.165, 1.54) is 37.7 Å². The van der Waals surface area contributed by atoms with E-state index in [4.69, 9.17) is 5.84 Å². The third kappa shape index (κ3) is 2.59. The lowest BCUT2D eigenvalue weighted by Crippen LogP contribution is -2.48. The summed E-state index contributed by atoms with van der Waals surface area (Å²) < 4.78 is 1.98. The van der Waals surface area contributed by atoms with Crippen LogP contribution in [0, 0.1) is 5.41 Å². The highest BCUT2D eigenvalue weighted by molar-refractivity contribution is 5.09. The van der Waals surface area contributed by atoms with Crippen molar-refractivity contribution in [2.24, 2.45) is 11.3 Å². The van der Waals surface area contributed by atoms with Crippen LogP contribution >= 0.6 is 0 Å². The second kappa shape index (κ2) is 5.85. The number of nitrogens with zero attached hydrogens (tertiary/aromatic N) is 2. The minimum atomic E-state index is 0.375. The fraction of sp³-hybridized carbons (Fsp3) is 0.786. The molecule has 1 aromatic heterocycles. The molecular weight excluding hydrogens is 224 g/mol. The monoisotopic (exact) mass is 250 g/mol. The molecule has 1 atom stereocenters. The molecule has 1 saturated carbocycles. The topological polar surface area (TPSA) is 55.9 Å². The van der Waals surface area contributed by atoms with Gasteiger partial charge in [-0.2, -0.15) is 5.10 Å². The molecule has 1 aliphatic carbocycles. The number of aromatic nitrogens is 2. The van der Waals surface area contributed by atoms with Crippen molar-refractivity contribution in [2.45, 2.75) is 65.0 Å². The Morgan fingerprint density at radius 2 is 2.17 bits per heavy atom. The molecule has 3 N–H and O–H groups in total. The number of hydrogen-bond acceptors (Lipinski definition) is 3. The lowest BCUT2D eigenvalue weighted by atomic mass is 9.74. The van der Waals surface area contributed by atoms with Crippen LogP contribution in [0.15, 0.2) is 12.4 Å². The molecule has 1 fully saturated rings. The summed E-state index contributed by atoms with van der Waals surface area (Å²) in [6.45, 7) is 5.34. The summed E-state index contributed by atoms with van der Waals surface area (Å²) >= 11 is 0. The summed E-state index contributed by atoms with van der Waals surface area (Å²) in [5, 5.41) is 4.35. The van der Waals surface area contributed by atoms with Gasteiger partial charge in [0.15, 0.2) is 0 Å². The number of hydrazine groups is 1. The van der Waals surface area contributed by atoms with E-state index in [2.05, 4.69) is 30.6 Å². The van der Waals surface area contributed by atoms with Gasteiger partial charge in [0.25, 0.3) is 0 Å². The van der Waals surface area contributed by atoms with Crippen molar-refractivity contribution in [3.63, 3.8) is 0 Å². The molecule has 4 nitrogen and oxygen atoms in total. The van der Waals surface area contributed by atoms with Gasteiger partial charge in [0.05, 0.1) is 6.20 Å². The molecule has 18 heavy (non-hydrogen) atoms. The van der Waals surface area contributed by atoms with Gasteiger partial charge in [-0.25, -0.2) is 0 Å². The molecule has 0 aliphatic heterocycles. The minimum Gasteiger partial charge on any atom is -0.273 e. The summed E-state index contributed by atoms with van der Waals surface area (Å²) in [5.74, 6) is 5.82. The molecule has 2 rings (SSSR count). The van der Waals surface area contributed by atoms with E-state index in [1.54, 1.807) is 0 Å². The minimum absolute atomic E-state index is 0.375. The molecule has 1 unspecified atom stereocenters. The third-order valence-electron chi connectivity index (χ3n) is 4.69. The largest absolute Gasteiger partial charge is 0.273 e. The van der Waals surface area contributed by atoms with Crippen LogP contribution in [-0.4, -0.2) is 15.8 Å². The molecule has 0 spiro atoms. The van der Waals surface area contributed by atoms with E-state index in [-0.39, 0.29) is 0 Å². The average Bonchev–Trinajstić information content (AvgIpc) is 3.05. The van der Waals surface area contributed by atoms with Gasteiger partial charge in [0, 0.05) is 18.8 Å². The van der Waals surface area contributed by atoms with E-state index < -0.39 is 0 Å². The van der Waals surface area contributed by atoms with Crippen LogP contribution in [0.25, 0.3) is 0 Å². The molecule has 0 bridgehead atoms. The fourth-order valence-corrected chi connectivity index (χ4v) is 3.40. The smallest absolute Gasteiger partial charge is 0.0522 e. The SMILES string of the molecule is CCn1cc(CC(NN)C2(CC)CCCC2)cn1. The molecule has 0 aromatic carbocycles. The van der Waals surface area contributed by atoms with Crippen molar-refractivity contribution in [3.8, 4) is 0 Å². The summed E-state index contributed by atoms with van der Waals surface area (Å²) in [5.41, 5.74) is 4.76. The van der Waals surface area contributed by atoms with Crippen LogP contribution in [0.2, 0.25) is 0 Å². The summed E-state index contributed by atoms with van der Waals surface area (Å²) in [4.78, 5) is 0. The number of aryl methyl sites for hydroxylation is 1. The van der Waals surface area contributed by atoms with Crippen molar-refractivity contribution >= 4 is 0 Å². The highest BCUT2D eigenvalue weighted by atomic mass is 15.3. The van der Waals surface area contributed by atoms with Crippen LogP contribution in [-0.2, 0) is 13.0 Å². The van der Waals surface area contributed by atoms with Gasteiger partial charge in [-0.1, -0.05) is 19.8 Å². The van der Waals surface area contributed by atoms with Gasteiger partial charge in [0.1, 0.15) is 0 Å². The first kappa shape index (κ1) is 13.6. The Labute approximate surface area is 110 Å². The van der Waals surface area contributed by atoms with Crippen LogP contribution in [0.3, 0.4) is 0 Å². The lowest BCUT2D eigenvalue weighted by molar-refractivity contribution is 0.185. The van der Waals surface area contributed by atoms with E-state index in [1.807, 2.05) is 10.9 Å². The lowest BCUT2D eigenvalue weighted by Gasteiger charge is -2.36. The van der Waals surface area contributed by atoms with Crippen LogP contribution in [0.5, 0.6) is 0 Å². The summed E-state index contributed by atoms with van der Waals surface area (Å²) in [7, 11) is 0. The second-order valence-corrected chi connectivity index (χ2v) is 5.55. The van der Waals surface area contributed by atoms with E-state index >= 15 is 0 Å². The molecule has 4 heteroatoms. The zero-order chi connectivity index (χ0) is 13.0. The first-order valence-corrected chi connectivity index (χ1v) is 7.21. The fourth-order valence-electron chi connectivity index (χ4n) is 3.40. The summed E-state index contributed by atoms with van der Waals surface area (Å²) in [6, 6.07) is 0.375. The second-order valence-electron chi connectivity index (χ2n) is 5.55. The molecule has 1 aliphatic rings. The average molecular weight is 250 g/mol. The van der Waals surface area contributed by atoms with E-state index in [0.717, 1.165) is 13.0 Å². The van der Waals surface area contributed by atoms with Crippen LogP contribution in [0.1, 0.15) is 51.5 Å². The van der Waals surface area contributed by atoms with Gasteiger partial charge >= 0.3 is 0 Å². The van der Waals surface area contributed by atoms with Crippen molar-refractivity contribution in [3.05, 3.63) is 18.0 Å². The normalized spacial score (nSPS) is 20.2. The van der Waals surface area contributed by atoms with Gasteiger partial charge in [-0.3, -0.25) is 16.0 Å². The Morgan fingerprint density at radius 1 is 1.44 bits per heavy atom. The molecule has 0 amide bonds. The molecule has 102 valence electrons. The maximum absolute atomic E-state index is 5.82. The number of hydrogen-bond donors (Lipinski definition) is 2. The van der Waals surface area contributed by atoms with Gasteiger partial charge < -0.3 is 0 Å². The predicted molar refractivity (Wildman–Crippen MR) is 73.9 cm³/mol. The van der Waals surface area contributed by atoms with Crippen molar-refractivity contribution in [1.29, 1.82) is 0 Å².